The van der Waals surface area contributed by atoms with Crippen LogP contribution in [0.2, 0.25) is 0 Å². The van der Waals surface area contributed by atoms with Crippen LogP contribution < -0.4 is 5.32 Å². The summed E-state index contributed by atoms with van der Waals surface area (Å²) in [5, 5.41) is 2.98. The van der Waals surface area contributed by atoms with Gasteiger partial charge in [-0.3, -0.25) is 14.6 Å². The molecule has 0 aliphatic carbocycles. The molecule has 1 aromatic rings. The quantitative estimate of drug-likeness (QED) is 0.796. The Morgan fingerprint density at radius 3 is 2.87 bits per heavy atom. The largest absolute Gasteiger partial charge is 0.354 e. The van der Waals surface area contributed by atoms with Crippen LogP contribution in [0.1, 0.15) is 56.3 Å². The molecule has 1 aromatic heterocycles. The summed E-state index contributed by atoms with van der Waals surface area (Å²) in [5.74, 6) is -0.186. The number of hydrogen-bond donors (Lipinski definition) is 1. The summed E-state index contributed by atoms with van der Waals surface area (Å²) in [5.41, 5.74) is -0.278. The lowest BCUT2D eigenvalue weighted by molar-refractivity contribution is -0.133. The molecule has 0 bridgehead atoms. The average molecular weight is 382 g/mol. The van der Waals surface area contributed by atoms with E-state index in [-0.39, 0.29) is 11.8 Å². The number of rotatable bonds is 5. The van der Waals surface area contributed by atoms with Gasteiger partial charge in [0.15, 0.2) is 0 Å². The van der Waals surface area contributed by atoms with Crippen molar-refractivity contribution >= 4 is 27.7 Å². The fourth-order valence-electron chi connectivity index (χ4n) is 2.94. The fraction of sp³-hybridized carbons (Fsp3) is 0.588. The summed E-state index contributed by atoms with van der Waals surface area (Å²) in [6.45, 7) is 5.22. The number of nitrogens with zero attached hydrogens (tertiary/aromatic N) is 2. The number of pyridine rings is 1. The van der Waals surface area contributed by atoms with Crippen LogP contribution in [0.3, 0.4) is 0 Å². The Kier molecular flexibility index (Phi) is 6.16. The number of halogens is 1. The summed E-state index contributed by atoms with van der Waals surface area (Å²) in [7, 11) is 0. The second-order valence-electron chi connectivity index (χ2n) is 6.19. The van der Waals surface area contributed by atoms with Crippen molar-refractivity contribution in [3.8, 4) is 0 Å². The minimum absolute atomic E-state index is 0.0537. The molecule has 2 heterocycles. The highest BCUT2D eigenvalue weighted by Gasteiger charge is 2.43. The zero-order valence-electron chi connectivity index (χ0n) is 13.8. The predicted molar refractivity (Wildman–Crippen MR) is 93.1 cm³/mol. The molecule has 1 fully saturated rings. The molecule has 23 heavy (non-hydrogen) atoms. The molecule has 1 atom stereocenters. The van der Waals surface area contributed by atoms with E-state index in [0.29, 0.717) is 25.1 Å². The molecule has 2 rings (SSSR count). The fourth-order valence-corrected chi connectivity index (χ4v) is 3.30. The molecule has 1 aliphatic rings. The molecule has 0 aromatic carbocycles. The maximum atomic E-state index is 12.9. The summed E-state index contributed by atoms with van der Waals surface area (Å²) in [6.07, 6.45) is 7.75. The lowest BCUT2D eigenvalue weighted by atomic mass is 9.86. The van der Waals surface area contributed by atoms with Crippen molar-refractivity contribution < 1.29 is 9.59 Å². The molecule has 126 valence electrons. The van der Waals surface area contributed by atoms with E-state index in [0.717, 1.165) is 30.2 Å². The highest BCUT2D eigenvalue weighted by atomic mass is 79.9. The minimum Gasteiger partial charge on any atom is -0.354 e. The van der Waals surface area contributed by atoms with Gasteiger partial charge in [0.2, 0.25) is 5.91 Å². The van der Waals surface area contributed by atoms with Crippen molar-refractivity contribution in [2.24, 2.45) is 0 Å². The molecule has 1 unspecified atom stereocenters. The van der Waals surface area contributed by atoms with E-state index in [1.54, 1.807) is 23.4 Å². The van der Waals surface area contributed by atoms with Gasteiger partial charge in [-0.2, -0.15) is 0 Å². The normalized spacial score (nSPS) is 21.1. The lowest BCUT2D eigenvalue weighted by Gasteiger charge is -2.43. The second-order valence-corrected chi connectivity index (χ2v) is 7.10. The molecule has 0 saturated carbocycles. The van der Waals surface area contributed by atoms with Crippen molar-refractivity contribution in [2.45, 2.75) is 51.5 Å². The zero-order valence-corrected chi connectivity index (χ0v) is 15.4. The number of carbonyl (C=O) groups excluding carboxylic acids is 2. The second kappa shape index (κ2) is 7.90. The zero-order chi connectivity index (χ0) is 16.9. The minimum atomic E-state index is -0.786. The Bertz CT molecular complexity index is 579. The molecular weight excluding hydrogens is 358 g/mol. The van der Waals surface area contributed by atoms with Gasteiger partial charge in [0.25, 0.3) is 5.91 Å². The molecule has 1 aliphatic heterocycles. The van der Waals surface area contributed by atoms with E-state index in [9.17, 15) is 9.59 Å². The van der Waals surface area contributed by atoms with Crippen molar-refractivity contribution in [3.05, 3.63) is 28.5 Å². The number of nitrogens with one attached hydrogen (secondary N) is 1. The van der Waals surface area contributed by atoms with E-state index >= 15 is 0 Å². The first-order valence-corrected chi connectivity index (χ1v) is 8.99. The monoisotopic (exact) mass is 381 g/mol. The van der Waals surface area contributed by atoms with Crippen LogP contribution in [0.25, 0.3) is 0 Å². The van der Waals surface area contributed by atoms with Crippen molar-refractivity contribution in [2.75, 3.05) is 13.1 Å². The van der Waals surface area contributed by atoms with Crippen molar-refractivity contribution in [3.63, 3.8) is 0 Å². The van der Waals surface area contributed by atoms with E-state index in [1.165, 1.54) is 0 Å². The Hall–Kier alpha value is -1.43. The van der Waals surface area contributed by atoms with Gasteiger partial charge in [-0.15, -0.1) is 0 Å². The van der Waals surface area contributed by atoms with Gasteiger partial charge in [0.1, 0.15) is 5.54 Å². The Labute approximate surface area is 146 Å². The van der Waals surface area contributed by atoms with Crippen molar-refractivity contribution in [1.29, 1.82) is 0 Å². The van der Waals surface area contributed by atoms with Gasteiger partial charge in [-0.05, 0) is 54.6 Å². The SMILES string of the molecule is CCCCNC(=O)C1(C)CCCCN1C(=O)c1cncc(Br)c1. The van der Waals surface area contributed by atoms with Gasteiger partial charge < -0.3 is 10.2 Å². The van der Waals surface area contributed by atoms with Gasteiger partial charge in [-0.1, -0.05) is 13.3 Å². The van der Waals surface area contributed by atoms with E-state index in [4.69, 9.17) is 0 Å². The lowest BCUT2D eigenvalue weighted by Crippen LogP contribution is -2.61. The van der Waals surface area contributed by atoms with Crippen LogP contribution in [0.4, 0.5) is 0 Å². The first-order chi connectivity index (χ1) is 11.0. The molecule has 1 saturated heterocycles. The number of piperidine rings is 1. The highest BCUT2D eigenvalue weighted by molar-refractivity contribution is 9.10. The van der Waals surface area contributed by atoms with Gasteiger partial charge in [0.05, 0.1) is 5.56 Å². The summed E-state index contributed by atoms with van der Waals surface area (Å²) >= 11 is 3.34. The number of hydrogen-bond acceptors (Lipinski definition) is 3. The summed E-state index contributed by atoms with van der Waals surface area (Å²) in [6, 6.07) is 1.75. The number of amides is 2. The van der Waals surface area contributed by atoms with E-state index in [1.807, 2.05) is 6.92 Å². The first kappa shape index (κ1) is 17.9. The number of carbonyl (C=O) groups is 2. The van der Waals surface area contributed by atoms with Crippen LogP contribution in [0, 0.1) is 0 Å². The third-order valence-corrected chi connectivity index (χ3v) is 4.83. The molecule has 0 radical (unpaired) electrons. The average Bonchev–Trinajstić information content (AvgIpc) is 2.54. The third-order valence-electron chi connectivity index (χ3n) is 4.39. The molecule has 1 N–H and O–H groups in total. The van der Waals surface area contributed by atoms with Gasteiger partial charge in [-0.25, -0.2) is 0 Å². The van der Waals surface area contributed by atoms with Gasteiger partial charge >= 0.3 is 0 Å². The Morgan fingerprint density at radius 1 is 1.39 bits per heavy atom. The first-order valence-electron chi connectivity index (χ1n) is 8.20. The standard InChI is InChI=1S/C17H24BrN3O2/c1-3-4-8-20-16(23)17(2)7-5-6-9-21(17)15(22)13-10-14(18)12-19-11-13/h10-12H,3-9H2,1-2H3,(H,20,23). The molecule has 5 nitrogen and oxygen atoms in total. The third kappa shape index (κ3) is 4.10. The smallest absolute Gasteiger partial charge is 0.256 e. The highest BCUT2D eigenvalue weighted by Crippen LogP contribution is 2.30. The Balaban J connectivity index is 2.20. The summed E-state index contributed by atoms with van der Waals surface area (Å²) < 4.78 is 0.759. The maximum absolute atomic E-state index is 12.9. The molecule has 0 spiro atoms. The van der Waals surface area contributed by atoms with Crippen LogP contribution >= 0.6 is 15.9 Å². The predicted octanol–water partition coefficient (Wildman–Crippen LogP) is 3.15. The van der Waals surface area contributed by atoms with Gasteiger partial charge in [0, 0.05) is 30.0 Å². The Morgan fingerprint density at radius 2 is 2.17 bits per heavy atom. The summed E-state index contributed by atoms with van der Waals surface area (Å²) in [4.78, 5) is 31.3. The number of unbranched alkanes of at least 4 members (excludes halogenated alkanes) is 1. The topological polar surface area (TPSA) is 62.3 Å². The van der Waals surface area contributed by atoms with Crippen LogP contribution in [0.5, 0.6) is 0 Å². The molecule has 2 amide bonds. The number of likely N-dealkylation sites (tertiary alicyclic amines) is 1. The van der Waals surface area contributed by atoms with E-state index in [2.05, 4.69) is 33.2 Å². The van der Waals surface area contributed by atoms with Crippen LogP contribution in [0.15, 0.2) is 22.9 Å². The van der Waals surface area contributed by atoms with Crippen LogP contribution in [-0.2, 0) is 4.79 Å². The molecule has 6 heteroatoms. The van der Waals surface area contributed by atoms with E-state index < -0.39 is 5.54 Å². The number of aromatic nitrogens is 1. The molecular formula is C17H24BrN3O2. The van der Waals surface area contributed by atoms with Crippen molar-refractivity contribution in [1.82, 2.24) is 15.2 Å². The maximum Gasteiger partial charge on any atom is 0.256 e. The van der Waals surface area contributed by atoms with Crippen LogP contribution in [-0.4, -0.2) is 40.3 Å².